The number of nitrogens with zero attached hydrogens (tertiary/aromatic N) is 1. The highest BCUT2D eigenvalue weighted by Gasteiger charge is 2.32. The van der Waals surface area contributed by atoms with Crippen LogP contribution >= 0.6 is 0 Å². The van der Waals surface area contributed by atoms with Gasteiger partial charge in [0.25, 0.3) is 0 Å². The Labute approximate surface area is 119 Å². The molecule has 104 valence electrons. The molecule has 2 rings (SSSR count). The molecule has 0 unspecified atom stereocenters. The van der Waals surface area contributed by atoms with Gasteiger partial charge in [0.2, 0.25) is 5.91 Å². The molecule has 0 saturated heterocycles. The van der Waals surface area contributed by atoms with Crippen LogP contribution in [0.3, 0.4) is 0 Å². The van der Waals surface area contributed by atoms with Gasteiger partial charge in [0.05, 0.1) is 5.41 Å². The molecule has 0 atom stereocenters. The van der Waals surface area contributed by atoms with E-state index >= 15 is 0 Å². The molecule has 20 heavy (non-hydrogen) atoms. The first-order chi connectivity index (χ1) is 9.43. The predicted molar refractivity (Wildman–Crippen MR) is 81.0 cm³/mol. The van der Waals surface area contributed by atoms with Crippen LogP contribution in [0.1, 0.15) is 19.4 Å². The zero-order valence-corrected chi connectivity index (χ0v) is 12.0. The predicted octanol–water partition coefficient (Wildman–Crippen LogP) is 3.33. The second kappa shape index (κ2) is 5.37. The van der Waals surface area contributed by atoms with Crippen LogP contribution in [0.4, 0.5) is 5.69 Å². The molecule has 3 heteroatoms. The normalized spacial score (nSPS) is 11.2. The minimum atomic E-state index is -0.603. The summed E-state index contributed by atoms with van der Waals surface area (Å²) in [5, 5.41) is 9.31. The number of benzene rings is 2. The van der Waals surface area contributed by atoms with Crippen molar-refractivity contribution in [2.24, 2.45) is 0 Å². The van der Waals surface area contributed by atoms with E-state index in [9.17, 15) is 9.90 Å². The largest absolute Gasteiger partial charge is 0.508 e. The molecular formula is C17H19NO2. The molecule has 1 amide bonds. The van der Waals surface area contributed by atoms with Crippen molar-refractivity contribution >= 4 is 11.6 Å². The lowest BCUT2D eigenvalue weighted by Gasteiger charge is -2.30. The average Bonchev–Trinajstić information content (AvgIpc) is 2.47. The fourth-order valence-corrected chi connectivity index (χ4v) is 2.19. The fraction of sp³-hybridized carbons (Fsp3) is 0.235. The van der Waals surface area contributed by atoms with Crippen LogP contribution in [0.2, 0.25) is 0 Å². The molecule has 3 nitrogen and oxygen atoms in total. The van der Waals surface area contributed by atoms with Gasteiger partial charge in [-0.15, -0.1) is 0 Å². The number of amides is 1. The summed E-state index contributed by atoms with van der Waals surface area (Å²) in [6, 6.07) is 16.3. The van der Waals surface area contributed by atoms with Gasteiger partial charge in [0.1, 0.15) is 5.75 Å². The van der Waals surface area contributed by atoms with Gasteiger partial charge in [-0.25, -0.2) is 0 Å². The summed E-state index contributed by atoms with van der Waals surface area (Å²) in [6.45, 7) is 3.84. The number of rotatable bonds is 3. The summed E-state index contributed by atoms with van der Waals surface area (Å²) in [5.74, 6) is 0.200. The topological polar surface area (TPSA) is 40.5 Å². The van der Waals surface area contributed by atoms with Crippen LogP contribution in [-0.4, -0.2) is 18.1 Å². The molecule has 0 fully saturated rings. The third kappa shape index (κ3) is 2.67. The van der Waals surface area contributed by atoms with Crippen LogP contribution < -0.4 is 4.90 Å². The molecule has 0 spiro atoms. The highest BCUT2D eigenvalue weighted by atomic mass is 16.3. The lowest BCUT2D eigenvalue weighted by Crippen LogP contribution is -2.41. The maximum Gasteiger partial charge on any atom is 0.236 e. The average molecular weight is 269 g/mol. The van der Waals surface area contributed by atoms with Crippen molar-refractivity contribution in [3.05, 3.63) is 60.2 Å². The molecule has 0 aliphatic heterocycles. The molecular weight excluding hydrogens is 250 g/mol. The van der Waals surface area contributed by atoms with Gasteiger partial charge >= 0.3 is 0 Å². The lowest BCUT2D eigenvalue weighted by molar-refractivity contribution is -0.122. The summed E-state index contributed by atoms with van der Waals surface area (Å²) in [7, 11) is 1.75. The number of phenols is 1. The van der Waals surface area contributed by atoms with Crippen molar-refractivity contribution in [3.8, 4) is 5.75 Å². The number of phenolic OH excluding ortho intramolecular Hbond substituents is 1. The first-order valence-corrected chi connectivity index (χ1v) is 6.55. The SMILES string of the molecule is CN(C(=O)C(C)(C)c1ccccc1)c1ccc(O)cc1. The van der Waals surface area contributed by atoms with Gasteiger partial charge < -0.3 is 10.0 Å². The number of anilines is 1. The summed E-state index contributed by atoms with van der Waals surface area (Å²) in [5.41, 5.74) is 1.14. The minimum absolute atomic E-state index is 0.00869. The highest BCUT2D eigenvalue weighted by Crippen LogP contribution is 2.28. The van der Waals surface area contributed by atoms with Gasteiger partial charge in [-0.05, 0) is 43.7 Å². The third-order valence-electron chi connectivity index (χ3n) is 3.57. The summed E-state index contributed by atoms with van der Waals surface area (Å²) >= 11 is 0. The van der Waals surface area contributed by atoms with Crippen molar-refractivity contribution in [1.29, 1.82) is 0 Å². The molecule has 0 aliphatic rings. The van der Waals surface area contributed by atoms with E-state index in [0.717, 1.165) is 11.3 Å². The van der Waals surface area contributed by atoms with Crippen molar-refractivity contribution in [3.63, 3.8) is 0 Å². The van der Waals surface area contributed by atoms with E-state index in [2.05, 4.69) is 0 Å². The first kappa shape index (κ1) is 14.1. The Hall–Kier alpha value is -2.29. The number of aromatic hydroxyl groups is 1. The van der Waals surface area contributed by atoms with Gasteiger partial charge in [-0.1, -0.05) is 30.3 Å². The number of carbonyl (C=O) groups excluding carboxylic acids is 1. The molecule has 0 aliphatic carbocycles. The van der Waals surface area contributed by atoms with Crippen LogP contribution in [0.15, 0.2) is 54.6 Å². The number of carbonyl (C=O) groups is 1. The van der Waals surface area contributed by atoms with Crippen molar-refractivity contribution in [1.82, 2.24) is 0 Å². The number of hydrogen-bond donors (Lipinski definition) is 1. The Morgan fingerprint density at radius 2 is 1.55 bits per heavy atom. The quantitative estimate of drug-likeness (QED) is 0.928. The van der Waals surface area contributed by atoms with E-state index in [1.165, 1.54) is 0 Å². The monoisotopic (exact) mass is 269 g/mol. The molecule has 2 aromatic carbocycles. The van der Waals surface area contributed by atoms with E-state index in [1.54, 1.807) is 36.2 Å². The van der Waals surface area contributed by atoms with Crippen molar-refractivity contribution < 1.29 is 9.90 Å². The second-order valence-electron chi connectivity index (χ2n) is 5.37. The standard InChI is InChI=1S/C17H19NO2/c1-17(2,13-7-5-4-6-8-13)16(20)18(3)14-9-11-15(19)12-10-14/h4-12,19H,1-3H3. The maximum absolute atomic E-state index is 12.7. The highest BCUT2D eigenvalue weighted by molar-refractivity contribution is 6.00. The van der Waals surface area contributed by atoms with Crippen LogP contribution in [0.25, 0.3) is 0 Å². The van der Waals surface area contributed by atoms with Gasteiger partial charge in [0.15, 0.2) is 0 Å². The molecule has 2 aromatic rings. The van der Waals surface area contributed by atoms with E-state index in [1.807, 2.05) is 44.2 Å². The Bertz CT molecular complexity index is 588. The molecule has 0 radical (unpaired) electrons. The Balaban J connectivity index is 2.28. The number of hydrogen-bond acceptors (Lipinski definition) is 2. The summed E-state index contributed by atoms with van der Waals surface area (Å²) in [4.78, 5) is 14.3. The van der Waals surface area contributed by atoms with Crippen LogP contribution in [0, 0.1) is 0 Å². The molecule has 0 aromatic heterocycles. The van der Waals surface area contributed by atoms with Gasteiger partial charge in [-0.2, -0.15) is 0 Å². The molecule has 0 bridgehead atoms. The fourth-order valence-electron chi connectivity index (χ4n) is 2.19. The third-order valence-corrected chi connectivity index (χ3v) is 3.57. The minimum Gasteiger partial charge on any atom is -0.508 e. The Morgan fingerprint density at radius 1 is 1.00 bits per heavy atom. The number of likely N-dealkylation sites (N-methyl/N-ethyl adjacent to an activating group) is 1. The first-order valence-electron chi connectivity index (χ1n) is 6.55. The van der Waals surface area contributed by atoms with Crippen LogP contribution in [-0.2, 0) is 10.2 Å². The second-order valence-corrected chi connectivity index (χ2v) is 5.37. The maximum atomic E-state index is 12.7. The molecule has 0 saturated carbocycles. The van der Waals surface area contributed by atoms with Gasteiger partial charge in [0, 0.05) is 12.7 Å². The zero-order chi connectivity index (χ0) is 14.8. The van der Waals surface area contributed by atoms with E-state index in [4.69, 9.17) is 0 Å². The van der Waals surface area contributed by atoms with Gasteiger partial charge in [-0.3, -0.25) is 4.79 Å². The smallest absolute Gasteiger partial charge is 0.236 e. The Morgan fingerprint density at radius 3 is 2.10 bits per heavy atom. The van der Waals surface area contributed by atoms with Crippen LogP contribution in [0.5, 0.6) is 5.75 Å². The lowest BCUT2D eigenvalue weighted by atomic mass is 9.83. The van der Waals surface area contributed by atoms with Crippen molar-refractivity contribution in [2.45, 2.75) is 19.3 Å². The molecule has 1 N–H and O–H groups in total. The van der Waals surface area contributed by atoms with E-state index < -0.39 is 5.41 Å². The van der Waals surface area contributed by atoms with Crippen molar-refractivity contribution in [2.75, 3.05) is 11.9 Å². The zero-order valence-electron chi connectivity index (χ0n) is 12.0. The van der Waals surface area contributed by atoms with E-state index in [-0.39, 0.29) is 11.7 Å². The van der Waals surface area contributed by atoms with E-state index in [0.29, 0.717) is 0 Å². The summed E-state index contributed by atoms with van der Waals surface area (Å²) in [6.07, 6.45) is 0. The molecule has 0 heterocycles. The summed E-state index contributed by atoms with van der Waals surface area (Å²) < 4.78 is 0. The Kier molecular flexibility index (Phi) is 3.79.